The van der Waals surface area contributed by atoms with Crippen LogP contribution < -0.4 is 5.73 Å². The van der Waals surface area contributed by atoms with Crippen LogP contribution in [-0.2, 0) is 24.5 Å². The molecular formula is C24H24F4N6O2. The second-order valence-corrected chi connectivity index (χ2v) is 8.30. The molecule has 0 saturated carbocycles. The van der Waals surface area contributed by atoms with Crippen LogP contribution in [0.2, 0.25) is 0 Å². The quantitative estimate of drug-likeness (QED) is 0.302. The summed E-state index contributed by atoms with van der Waals surface area (Å²) in [6.07, 6.45) is -3.09. The Bertz CT molecular complexity index is 1440. The fourth-order valence-electron chi connectivity index (χ4n) is 3.94. The largest absolute Gasteiger partial charge is 0.416 e. The van der Waals surface area contributed by atoms with E-state index in [0.29, 0.717) is 33.7 Å². The molecule has 36 heavy (non-hydrogen) atoms. The first-order valence-electron chi connectivity index (χ1n) is 10.9. The number of benzene rings is 2. The number of aromatic nitrogens is 3. The summed E-state index contributed by atoms with van der Waals surface area (Å²) in [5.41, 5.74) is 6.40. The number of alkyl halides is 3. The molecule has 0 aliphatic rings. The minimum Gasteiger partial charge on any atom is -0.383 e. The Kier molecular flexibility index (Phi) is 6.83. The van der Waals surface area contributed by atoms with E-state index in [9.17, 15) is 22.4 Å². The minimum absolute atomic E-state index is 0.0649. The molecule has 0 saturated heterocycles. The van der Waals surface area contributed by atoms with Gasteiger partial charge in [0.2, 0.25) is 0 Å². The van der Waals surface area contributed by atoms with Crippen molar-refractivity contribution in [3.05, 3.63) is 65.1 Å². The van der Waals surface area contributed by atoms with Crippen molar-refractivity contribution in [1.29, 1.82) is 0 Å². The number of nitrogen functional groups attached to an aromatic ring is 1. The second-order valence-electron chi connectivity index (χ2n) is 8.30. The summed E-state index contributed by atoms with van der Waals surface area (Å²) >= 11 is 0. The zero-order valence-corrected chi connectivity index (χ0v) is 19.8. The molecule has 0 aliphatic heterocycles. The summed E-state index contributed by atoms with van der Waals surface area (Å²) in [4.78, 5) is 18.0. The van der Waals surface area contributed by atoms with Crippen molar-refractivity contribution in [2.75, 3.05) is 33.0 Å². The maximum absolute atomic E-state index is 14.6. The summed E-state index contributed by atoms with van der Waals surface area (Å²) in [5.74, 6) is -1.23. The number of ether oxygens (including phenoxy) is 1. The van der Waals surface area contributed by atoms with Crippen molar-refractivity contribution < 1.29 is 27.1 Å². The maximum atomic E-state index is 14.6. The van der Waals surface area contributed by atoms with Crippen LogP contribution in [0.5, 0.6) is 0 Å². The Labute approximate surface area is 203 Å². The second kappa shape index (κ2) is 9.70. The smallest absolute Gasteiger partial charge is 0.383 e. The highest BCUT2D eigenvalue weighted by atomic mass is 19.4. The van der Waals surface area contributed by atoms with Gasteiger partial charge in [0.05, 0.1) is 41.3 Å². The summed E-state index contributed by atoms with van der Waals surface area (Å²) in [6.45, 7) is 0.261. The van der Waals surface area contributed by atoms with Gasteiger partial charge in [0.1, 0.15) is 11.6 Å². The van der Waals surface area contributed by atoms with Gasteiger partial charge in [0.25, 0.3) is 5.91 Å². The third kappa shape index (κ3) is 4.82. The lowest BCUT2D eigenvalue weighted by molar-refractivity contribution is -0.137. The van der Waals surface area contributed by atoms with Crippen molar-refractivity contribution >= 4 is 33.5 Å². The number of methoxy groups -OCH3 is 1. The number of nitrogens with two attached hydrogens (primary N) is 1. The van der Waals surface area contributed by atoms with Crippen LogP contribution in [0.4, 0.5) is 23.4 Å². The Morgan fingerprint density at radius 3 is 2.58 bits per heavy atom. The highest BCUT2D eigenvalue weighted by molar-refractivity contribution is 6.10. The number of carbonyl (C=O) groups is 1. The lowest BCUT2D eigenvalue weighted by Crippen LogP contribution is -2.45. The molecule has 0 bridgehead atoms. The molecule has 2 N–H and O–H groups in total. The normalized spacial score (nSPS) is 12.1. The van der Waals surface area contributed by atoms with Gasteiger partial charge >= 0.3 is 6.18 Å². The van der Waals surface area contributed by atoms with Crippen molar-refractivity contribution in [2.45, 2.75) is 12.7 Å². The van der Waals surface area contributed by atoms with E-state index in [4.69, 9.17) is 10.5 Å². The zero-order valence-electron chi connectivity index (χ0n) is 19.8. The number of rotatable bonds is 7. The highest BCUT2D eigenvalue weighted by Crippen LogP contribution is 2.31. The van der Waals surface area contributed by atoms with E-state index in [2.05, 4.69) is 10.1 Å². The van der Waals surface area contributed by atoms with Crippen molar-refractivity contribution in [1.82, 2.24) is 24.8 Å². The molecule has 0 atom stereocenters. The maximum Gasteiger partial charge on any atom is 0.416 e. The number of nitrogens with zero attached hydrogens (tertiary/aromatic N) is 5. The molecule has 190 valence electrons. The van der Waals surface area contributed by atoms with Gasteiger partial charge in [-0.2, -0.15) is 18.3 Å². The van der Waals surface area contributed by atoms with E-state index in [-0.39, 0.29) is 30.8 Å². The van der Waals surface area contributed by atoms with Crippen LogP contribution in [0.1, 0.15) is 21.5 Å². The molecule has 0 spiro atoms. The molecule has 0 radical (unpaired) electrons. The topological polar surface area (TPSA) is 89.5 Å². The van der Waals surface area contributed by atoms with E-state index in [0.717, 1.165) is 12.1 Å². The number of hydrogen-bond donors (Lipinski definition) is 1. The van der Waals surface area contributed by atoms with Crippen LogP contribution in [0.15, 0.2) is 42.6 Å². The first-order chi connectivity index (χ1) is 17.0. The number of carbonyl (C=O) groups excluding carboxylic acids is 1. The van der Waals surface area contributed by atoms with Gasteiger partial charge in [0.15, 0.2) is 0 Å². The molecule has 2 aromatic carbocycles. The summed E-state index contributed by atoms with van der Waals surface area (Å²) in [5, 5.41) is 8.30. The molecule has 0 fully saturated rings. The Morgan fingerprint density at radius 1 is 1.17 bits per heavy atom. The average Bonchev–Trinajstić information content (AvgIpc) is 3.23. The van der Waals surface area contributed by atoms with Gasteiger partial charge in [-0.15, -0.1) is 0 Å². The fraction of sp³-hybridized carbons (Fsp3) is 0.292. The first-order valence-corrected chi connectivity index (χ1v) is 10.9. The van der Waals surface area contributed by atoms with Gasteiger partial charge in [-0.1, -0.05) is 6.07 Å². The van der Waals surface area contributed by atoms with E-state index in [1.807, 2.05) is 0 Å². The zero-order chi connectivity index (χ0) is 26.2. The van der Waals surface area contributed by atoms with Crippen molar-refractivity contribution in [2.24, 2.45) is 7.05 Å². The van der Waals surface area contributed by atoms with E-state index in [1.165, 1.54) is 17.1 Å². The predicted octanol–water partition coefficient (Wildman–Crippen LogP) is 4.00. The summed E-state index contributed by atoms with van der Waals surface area (Å²) in [7, 11) is 4.85. The molecule has 8 nitrogen and oxygen atoms in total. The number of hydrazine groups is 1. The number of fused-ring (bicyclic) bond motifs is 3. The summed E-state index contributed by atoms with van der Waals surface area (Å²) < 4.78 is 60.3. The lowest BCUT2D eigenvalue weighted by Gasteiger charge is -2.32. The molecule has 0 unspecified atom stereocenters. The van der Waals surface area contributed by atoms with Crippen LogP contribution in [-0.4, -0.2) is 58.0 Å². The molecule has 0 aliphatic carbocycles. The molecule has 12 heteroatoms. The first kappa shape index (κ1) is 25.3. The van der Waals surface area contributed by atoms with E-state index >= 15 is 0 Å². The van der Waals surface area contributed by atoms with Crippen LogP contribution in [0.3, 0.4) is 0 Å². The number of pyridine rings is 1. The number of halogens is 4. The molecule has 2 aromatic heterocycles. The Balaban J connectivity index is 1.74. The molecular weight excluding hydrogens is 480 g/mol. The Morgan fingerprint density at radius 2 is 1.92 bits per heavy atom. The number of anilines is 1. The third-order valence-corrected chi connectivity index (χ3v) is 5.92. The van der Waals surface area contributed by atoms with Gasteiger partial charge in [-0.05, 0) is 30.3 Å². The van der Waals surface area contributed by atoms with Gasteiger partial charge in [-0.3, -0.25) is 14.5 Å². The molecule has 2 heterocycles. The van der Waals surface area contributed by atoms with Gasteiger partial charge < -0.3 is 10.5 Å². The monoisotopic (exact) mass is 504 g/mol. The predicted molar refractivity (Wildman–Crippen MR) is 126 cm³/mol. The van der Waals surface area contributed by atoms with E-state index in [1.54, 1.807) is 43.2 Å². The molecule has 1 amide bonds. The van der Waals surface area contributed by atoms with Crippen LogP contribution >= 0.6 is 0 Å². The lowest BCUT2D eigenvalue weighted by atomic mass is 10.1. The number of amides is 1. The van der Waals surface area contributed by atoms with Crippen LogP contribution in [0, 0.1) is 5.82 Å². The fourth-order valence-corrected chi connectivity index (χ4v) is 3.94. The van der Waals surface area contributed by atoms with Crippen molar-refractivity contribution in [3.8, 4) is 0 Å². The average molecular weight is 504 g/mol. The highest BCUT2D eigenvalue weighted by Gasteiger charge is 2.31. The van der Waals surface area contributed by atoms with Crippen molar-refractivity contribution in [3.63, 3.8) is 0 Å². The number of likely N-dealkylation sites (N-methyl/N-ethyl adjacent to an activating group) is 1. The Hall–Kier alpha value is -3.77. The van der Waals surface area contributed by atoms with Gasteiger partial charge in [-0.25, -0.2) is 14.4 Å². The van der Waals surface area contributed by atoms with Gasteiger partial charge in [0, 0.05) is 44.3 Å². The molecule has 4 aromatic rings. The molecule has 4 rings (SSSR count). The third-order valence-electron chi connectivity index (χ3n) is 5.92. The van der Waals surface area contributed by atoms with Crippen LogP contribution in [0.25, 0.3) is 21.8 Å². The SMILES string of the molecule is COCCN(C)N(Cc1ccc(C(F)(F)F)cc1F)C(=O)c1ccc2nc(N)c3cnn(C)c3c2c1. The summed E-state index contributed by atoms with van der Waals surface area (Å²) in [6, 6.07) is 7.13. The standard InChI is InChI=1S/C24H24F4N6O2/c1-32(8-9-36-3)34(13-15-4-6-16(11-19(15)25)24(26,27)28)23(35)14-5-7-20-17(10-14)21-18(22(29)31-20)12-30-33(21)2/h4-7,10-12H,8-9,13H2,1-3H3,(H2,29,31). The van der Waals surface area contributed by atoms with E-state index < -0.39 is 23.5 Å². The number of aryl methyl sites for hydroxylation is 1. The number of hydrogen-bond acceptors (Lipinski definition) is 6. The minimum atomic E-state index is -4.68.